The van der Waals surface area contributed by atoms with Gasteiger partial charge in [-0.25, -0.2) is 0 Å². The van der Waals surface area contributed by atoms with E-state index in [4.69, 9.17) is 0 Å². The van der Waals surface area contributed by atoms with Crippen molar-refractivity contribution in [3.63, 3.8) is 0 Å². The van der Waals surface area contributed by atoms with Gasteiger partial charge in [-0.3, -0.25) is 4.90 Å². The minimum atomic E-state index is 0.217. The first-order valence-electron chi connectivity index (χ1n) is 7.90. The summed E-state index contributed by atoms with van der Waals surface area (Å²) in [6.45, 7) is 11.9. The van der Waals surface area contributed by atoms with Crippen molar-refractivity contribution in [2.45, 2.75) is 46.2 Å². The van der Waals surface area contributed by atoms with Gasteiger partial charge >= 0.3 is 0 Å². The van der Waals surface area contributed by atoms with Crippen LogP contribution in [0.25, 0.3) is 0 Å². The van der Waals surface area contributed by atoms with Crippen LogP contribution in [0.3, 0.4) is 0 Å². The molecule has 2 heteroatoms. The maximum Gasteiger partial charge on any atom is 0.0381 e. The zero-order chi connectivity index (χ0) is 14.8. The molecule has 0 aromatic heterocycles. The summed E-state index contributed by atoms with van der Waals surface area (Å²) in [6, 6.07) is 11.9. The number of nitrogens with zero attached hydrogens (tertiary/aromatic N) is 1. The van der Waals surface area contributed by atoms with Crippen molar-refractivity contribution in [3.05, 3.63) is 35.9 Å². The second-order valence-corrected chi connectivity index (χ2v) is 7.24. The molecule has 0 bridgehead atoms. The van der Waals surface area contributed by atoms with E-state index in [0.717, 1.165) is 18.5 Å². The van der Waals surface area contributed by atoms with Gasteiger partial charge < -0.3 is 5.32 Å². The van der Waals surface area contributed by atoms with E-state index >= 15 is 0 Å². The van der Waals surface area contributed by atoms with E-state index < -0.39 is 0 Å². The first-order chi connectivity index (χ1) is 9.44. The van der Waals surface area contributed by atoms with Gasteiger partial charge in [-0.1, -0.05) is 51.1 Å². The van der Waals surface area contributed by atoms with Crippen LogP contribution in [-0.4, -0.2) is 31.1 Å². The Morgan fingerprint density at radius 3 is 2.40 bits per heavy atom. The largest absolute Gasteiger partial charge is 0.313 e. The molecule has 2 rings (SSSR count). The highest BCUT2D eigenvalue weighted by Gasteiger charge is 2.35. The molecule has 2 nitrogen and oxygen atoms in total. The average Bonchev–Trinajstić information content (AvgIpc) is 2.68. The summed E-state index contributed by atoms with van der Waals surface area (Å²) in [5, 5.41) is 3.53. The number of likely N-dealkylation sites (tertiary alicyclic amines) is 1. The minimum Gasteiger partial charge on any atom is -0.313 e. The van der Waals surface area contributed by atoms with E-state index in [2.05, 4.69) is 75.3 Å². The Labute approximate surface area is 124 Å². The Hall–Kier alpha value is -0.860. The quantitative estimate of drug-likeness (QED) is 0.880. The highest BCUT2D eigenvalue weighted by Crippen LogP contribution is 2.36. The Morgan fingerprint density at radius 2 is 1.90 bits per heavy atom. The molecule has 3 atom stereocenters. The second kappa shape index (κ2) is 6.28. The van der Waals surface area contributed by atoms with E-state index in [-0.39, 0.29) is 5.41 Å². The lowest BCUT2D eigenvalue weighted by Crippen LogP contribution is -2.43. The molecular formula is C18H30N2. The van der Waals surface area contributed by atoms with Gasteiger partial charge in [-0.2, -0.15) is 0 Å². The van der Waals surface area contributed by atoms with Crippen LogP contribution in [0.5, 0.6) is 0 Å². The fourth-order valence-electron chi connectivity index (χ4n) is 3.88. The van der Waals surface area contributed by atoms with Crippen molar-refractivity contribution < 1.29 is 0 Å². The molecular weight excluding hydrogens is 244 g/mol. The highest BCUT2D eigenvalue weighted by atomic mass is 15.2. The average molecular weight is 274 g/mol. The summed E-state index contributed by atoms with van der Waals surface area (Å²) in [5.41, 5.74) is 1.61. The Balaban J connectivity index is 2.11. The molecule has 0 radical (unpaired) electrons. The lowest BCUT2D eigenvalue weighted by atomic mass is 9.80. The SMILES string of the molecule is CNC(c1ccccc1)C(C)(C)CN1CC(C)CC1C. The van der Waals surface area contributed by atoms with Gasteiger partial charge in [-0.15, -0.1) is 0 Å². The summed E-state index contributed by atoms with van der Waals surface area (Å²) in [4.78, 5) is 2.66. The van der Waals surface area contributed by atoms with E-state index in [9.17, 15) is 0 Å². The summed E-state index contributed by atoms with van der Waals surface area (Å²) >= 11 is 0. The third-order valence-corrected chi connectivity index (χ3v) is 4.73. The maximum atomic E-state index is 3.53. The summed E-state index contributed by atoms with van der Waals surface area (Å²) < 4.78 is 0. The number of rotatable bonds is 5. The first kappa shape index (κ1) is 15.5. The lowest BCUT2D eigenvalue weighted by molar-refractivity contribution is 0.133. The van der Waals surface area contributed by atoms with E-state index in [1.165, 1.54) is 18.5 Å². The Morgan fingerprint density at radius 1 is 1.25 bits per heavy atom. The number of hydrogen-bond acceptors (Lipinski definition) is 2. The van der Waals surface area contributed by atoms with Crippen molar-refractivity contribution in [2.75, 3.05) is 20.1 Å². The normalized spacial score (nSPS) is 25.9. The molecule has 1 aromatic rings. The van der Waals surface area contributed by atoms with Gasteiger partial charge in [0.2, 0.25) is 0 Å². The molecule has 1 heterocycles. The predicted molar refractivity (Wildman–Crippen MR) is 86.8 cm³/mol. The Kier molecular flexibility index (Phi) is 4.87. The fourth-order valence-corrected chi connectivity index (χ4v) is 3.88. The zero-order valence-electron chi connectivity index (χ0n) is 13.7. The van der Waals surface area contributed by atoms with Crippen LogP contribution in [0.15, 0.2) is 30.3 Å². The first-order valence-corrected chi connectivity index (χ1v) is 7.90. The lowest BCUT2D eigenvalue weighted by Gasteiger charge is -2.39. The van der Waals surface area contributed by atoms with Gasteiger partial charge in [0.15, 0.2) is 0 Å². The molecule has 3 unspecified atom stereocenters. The zero-order valence-corrected chi connectivity index (χ0v) is 13.7. The summed E-state index contributed by atoms with van der Waals surface area (Å²) in [6.07, 6.45) is 1.34. The topological polar surface area (TPSA) is 15.3 Å². The maximum absolute atomic E-state index is 3.53. The van der Waals surface area contributed by atoms with Gasteiger partial charge in [-0.05, 0) is 37.3 Å². The van der Waals surface area contributed by atoms with Crippen molar-refractivity contribution in [1.82, 2.24) is 10.2 Å². The number of nitrogens with one attached hydrogen (secondary N) is 1. The monoisotopic (exact) mass is 274 g/mol. The standard InChI is InChI=1S/C18H30N2/c1-14-11-15(2)20(12-14)13-18(3,4)17(19-5)16-9-7-6-8-10-16/h6-10,14-15,17,19H,11-13H2,1-5H3. The molecule has 1 fully saturated rings. The van der Waals surface area contributed by atoms with Crippen molar-refractivity contribution in [2.24, 2.45) is 11.3 Å². The molecule has 1 aliphatic rings. The fraction of sp³-hybridized carbons (Fsp3) is 0.667. The smallest absolute Gasteiger partial charge is 0.0381 e. The van der Waals surface area contributed by atoms with Crippen LogP contribution in [0.2, 0.25) is 0 Å². The van der Waals surface area contributed by atoms with Gasteiger partial charge in [0.05, 0.1) is 0 Å². The third-order valence-electron chi connectivity index (χ3n) is 4.73. The van der Waals surface area contributed by atoms with Crippen LogP contribution in [-0.2, 0) is 0 Å². The van der Waals surface area contributed by atoms with Crippen LogP contribution in [0, 0.1) is 11.3 Å². The van der Waals surface area contributed by atoms with E-state index in [0.29, 0.717) is 6.04 Å². The van der Waals surface area contributed by atoms with Crippen molar-refractivity contribution in [3.8, 4) is 0 Å². The van der Waals surface area contributed by atoms with Crippen LogP contribution >= 0.6 is 0 Å². The van der Waals surface area contributed by atoms with Crippen molar-refractivity contribution in [1.29, 1.82) is 0 Å². The van der Waals surface area contributed by atoms with Crippen LogP contribution in [0.4, 0.5) is 0 Å². The highest BCUT2D eigenvalue weighted by molar-refractivity contribution is 5.21. The van der Waals surface area contributed by atoms with Gasteiger partial charge in [0.1, 0.15) is 0 Å². The van der Waals surface area contributed by atoms with Gasteiger partial charge in [0.25, 0.3) is 0 Å². The number of benzene rings is 1. The second-order valence-electron chi connectivity index (χ2n) is 7.24. The summed E-state index contributed by atoms with van der Waals surface area (Å²) in [7, 11) is 2.08. The van der Waals surface area contributed by atoms with Gasteiger partial charge in [0, 0.05) is 25.2 Å². The molecule has 1 N–H and O–H groups in total. The molecule has 112 valence electrons. The molecule has 1 aliphatic heterocycles. The molecule has 0 spiro atoms. The van der Waals surface area contributed by atoms with Crippen molar-refractivity contribution >= 4 is 0 Å². The molecule has 20 heavy (non-hydrogen) atoms. The number of hydrogen-bond donors (Lipinski definition) is 1. The predicted octanol–water partition coefficient (Wildman–Crippen LogP) is 3.70. The molecule has 1 aromatic carbocycles. The molecule has 1 saturated heterocycles. The molecule has 0 amide bonds. The summed E-state index contributed by atoms with van der Waals surface area (Å²) in [5.74, 6) is 0.838. The van der Waals surface area contributed by atoms with E-state index in [1.54, 1.807) is 0 Å². The molecule has 0 aliphatic carbocycles. The minimum absolute atomic E-state index is 0.217. The third kappa shape index (κ3) is 3.42. The van der Waals surface area contributed by atoms with Crippen LogP contribution < -0.4 is 5.32 Å². The van der Waals surface area contributed by atoms with Crippen LogP contribution in [0.1, 0.15) is 45.7 Å². The Bertz CT molecular complexity index is 413. The van der Waals surface area contributed by atoms with E-state index in [1.807, 2.05) is 0 Å². The molecule has 0 saturated carbocycles.